The molecule has 1 aromatic carbocycles. The highest BCUT2D eigenvalue weighted by Crippen LogP contribution is 2.25. The number of anilines is 1. The highest BCUT2D eigenvalue weighted by Gasteiger charge is 2.32. The lowest BCUT2D eigenvalue weighted by molar-refractivity contribution is 0.0838. The minimum absolute atomic E-state index is 0.584. The van der Waals surface area contributed by atoms with E-state index in [-0.39, 0.29) is 0 Å². The normalized spacial score (nSPS) is 25.5. The van der Waals surface area contributed by atoms with E-state index in [1.54, 1.807) is 0 Å². The van der Waals surface area contributed by atoms with Crippen molar-refractivity contribution in [1.29, 1.82) is 0 Å². The Morgan fingerprint density at radius 1 is 1.44 bits per heavy atom. The van der Waals surface area contributed by atoms with E-state index in [0.29, 0.717) is 6.54 Å². The summed E-state index contributed by atoms with van der Waals surface area (Å²) in [5, 5.41) is 9.92. The van der Waals surface area contributed by atoms with E-state index in [9.17, 15) is 5.11 Å². The van der Waals surface area contributed by atoms with Gasteiger partial charge in [-0.15, -0.1) is 0 Å². The van der Waals surface area contributed by atoms with Gasteiger partial charge in [0.1, 0.15) is 0 Å². The second kappa shape index (κ2) is 3.22. The summed E-state index contributed by atoms with van der Waals surface area (Å²) in [5.41, 5.74) is 1.44. The number of nitrogens with zero attached hydrogens (tertiary/aromatic N) is 2. The van der Waals surface area contributed by atoms with E-state index in [2.05, 4.69) is 14.9 Å². The van der Waals surface area contributed by atoms with E-state index < -0.39 is 5.60 Å². The van der Waals surface area contributed by atoms with E-state index in [1.165, 1.54) is 0 Å². The van der Waals surface area contributed by atoms with Gasteiger partial charge in [0, 0.05) is 13.1 Å². The Morgan fingerprint density at radius 3 is 2.94 bits per heavy atom. The van der Waals surface area contributed by atoms with E-state index in [4.69, 9.17) is 0 Å². The molecule has 84 valence electrons. The molecule has 1 fully saturated rings. The smallest absolute Gasteiger partial charge is 0.203 e. The lowest BCUT2D eigenvalue weighted by atomic mass is 10.1. The first-order chi connectivity index (χ1) is 7.64. The van der Waals surface area contributed by atoms with Crippen LogP contribution in [0.2, 0.25) is 0 Å². The molecule has 2 N–H and O–H groups in total. The molecule has 0 aliphatic carbocycles. The molecular formula is C12H15N3O. The molecule has 2 aromatic rings. The molecular weight excluding hydrogens is 202 g/mol. The molecule has 2 heterocycles. The number of fused-ring (bicyclic) bond motifs is 1. The predicted octanol–water partition coefficient (Wildman–Crippen LogP) is 1.52. The average molecular weight is 217 g/mol. The van der Waals surface area contributed by atoms with Gasteiger partial charge in [0.15, 0.2) is 0 Å². The number of aromatic amines is 1. The molecule has 3 rings (SSSR count). The molecule has 4 nitrogen and oxygen atoms in total. The van der Waals surface area contributed by atoms with Crippen molar-refractivity contribution in [3.05, 3.63) is 24.3 Å². The number of aliphatic hydroxyl groups is 1. The van der Waals surface area contributed by atoms with Crippen molar-refractivity contribution < 1.29 is 5.11 Å². The number of rotatable bonds is 1. The van der Waals surface area contributed by atoms with Crippen LogP contribution < -0.4 is 4.90 Å². The number of H-pyrrole nitrogens is 1. The van der Waals surface area contributed by atoms with Gasteiger partial charge in [0.2, 0.25) is 5.95 Å². The fourth-order valence-electron chi connectivity index (χ4n) is 2.21. The second-order valence-electron chi connectivity index (χ2n) is 4.75. The molecule has 0 spiro atoms. The van der Waals surface area contributed by atoms with Crippen molar-refractivity contribution in [2.45, 2.75) is 18.9 Å². The van der Waals surface area contributed by atoms with Gasteiger partial charge >= 0.3 is 0 Å². The number of β-amino-alcohol motifs (C(OH)–C–C–N with tert-alkyl or cyclic N) is 1. The van der Waals surface area contributed by atoms with E-state index >= 15 is 0 Å². The Morgan fingerprint density at radius 2 is 2.25 bits per heavy atom. The summed E-state index contributed by atoms with van der Waals surface area (Å²) in [7, 11) is 0. The van der Waals surface area contributed by atoms with Crippen LogP contribution >= 0.6 is 0 Å². The number of benzene rings is 1. The van der Waals surface area contributed by atoms with Crippen molar-refractivity contribution in [1.82, 2.24) is 9.97 Å². The molecule has 4 heteroatoms. The second-order valence-corrected chi connectivity index (χ2v) is 4.75. The molecule has 1 unspecified atom stereocenters. The van der Waals surface area contributed by atoms with E-state index in [1.807, 2.05) is 31.2 Å². The van der Waals surface area contributed by atoms with Gasteiger partial charge < -0.3 is 15.0 Å². The number of para-hydroxylation sites is 2. The molecule has 16 heavy (non-hydrogen) atoms. The lowest BCUT2D eigenvalue weighted by Crippen LogP contribution is -2.30. The molecule has 1 aromatic heterocycles. The maximum absolute atomic E-state index is 9.92. The topological polar surface area (TPSA) is 52.1 Å². The van der Waals surface area contributed by atoms with Crippen molar-refractivity contribution in [2.24, 2.45) is 0 Å². The van der Waals surface area contributed by atoms with E-state index in [0.717, 1.165) is 29.9 Å². The zero-order valence-corrected chi connectivity index (χ0v) is 9.27. The van der Waals surface area contributed by atoms with Gasteiger partial charge in [-0.05, 0) is 25.5 Å². The SMILES string of the molecule is CC1(O)CCN(c2nc3ccccc3[nH]2)C1. The zero-order valence-electron chi connectivity index (χ0n) is 9.27. The van der Waals surface area contributed by atoms with Crippen LogP contribution in [0.4, 0.5) is 5.95 Å². The summed E-state index contributed by atoms with van der Waals surface area (Å²) in [6.45, 7) is 3.37. The summed E-state index contributed by atoms with van der Waals surface area (Å²) in [4.78, 5) is 9.90. The predicted molar refractivity (Wildman–Crippen MR) is 63.5 cm³/mol. The van der Waals surface area contributed by atoms with Gasteiger partial charge in [-0.3, -0.25) is 0 Å². The van der Waals surface area contributed by atoms with Crippen molar-refractivity contribution in [3.63, 3.8) is 0 Å². The monoisotopic (exact) mass is 217 g/mol. The molecule has 1 aliphatic heterocycles. The van der Waals surface area contributed by atoms with Crippen LogP contribution in [-0.4, -0.2) is 33.8 Å². The maximum atomic E-state index is 9.92. The molecule has 0 amide bonds. The lowest BCUT2D eigenvalue weighted by Gasteiger charge is -2.17. The van der Waals surface area contributed by atoms with Crippen LogP contribution in [0.1, 0.15) is 13.3 Å². The van der Waals surface area contributed by atoms with Crippen LogP contribution in [-0.2, 0) is 0 Å². The molecule has 0 radical (unpaired) electrons. The number of imidazole rings is 1. The standard InChI is InChI=1S/C12H15N3O/c1-12(16)6-7-15(8-12)11-13-9-4-2-3-5-10(9)14-11/h2-5,16H,6-8H2,1H3,(H,13,14). The van der Waals surface area contributed by atoms with Gasteiger partial charge in [-0.2, -0.15) is 0 Å². The average Bonchev–Trinajstić information content (AvgIpc) is 2.80. The highest BCUT2D eigenvalue weighted by molar-refractivity contribution is 5.77. The quantitative estimate of drug-likeness (QED) is 0.761. The number of aromatic nitrogens is 2. The van der Waals surface area contributed by atoms with Crippen LogP contribution in [0.3, 0.4) is 0 Å². The van der Waals surface area contributed by atoms with Crippen LogP contribution in [0.5, 0.6) is 0 Å². The van der Waals surface area contributed by atoms with Crippen LogP contribution in [0, 0.1) is 0 Å². The van der Waals surface area contributed by atoms with Gasteiger partial charge in [0.05, 0.1) is 16.6 Å². The minimum Gasteiger partial charge on any atom is -0.388 e. The third-order valence-electron chi connectivity index (χ3n) is 3.13. The highest BCUT2D eigenvalue weighted by atomic mass is 16.3. The van der Waals surface area contributed by atoms with Gasteiger partial charge in [-0.1, -0.05) is 12.1 Å². The van der Waals surface area contributed by atoms with Gasteiger partial charge in [-0.25, -0.2) is 4.98 Å². The third kappa shape index (κ3) is 1.55. The summed E-state index contributed by atoms with van der Waals surface area (Å²) < 4.78 is 0. The number of nitrogens with one attached hydrogen (secondary N) is 1. The summed E-state index contributed by atoms with van der Waals surface area (Å²) in [6, 6.07) is 7.97. The van der Waals surface area contributed by atoms with Crippen molar-refractivity contribution >= 4 is 17.0 Å². The fourth-order valence-corrected chi connectivity index (χ4v) is 2.21. The Labute approximate surface area is 93.9 Å². The summed E-state index contributed by atoms with van der Waals surface area (Å²) in [6.07, 6.45) is 0.796. The number of hydrogen-bond donors (Lipinski definition) is 2. The molecule has 0 bridgehead atoms. The molecule has 1 aliphatic rings. The first-order valence-electron chi connectivity index (χ1n) is 5.56. The minimum atomic E-state index is -0.584. The molecule has 0 saturated carbocycles. The Hall–Kier alpha value is -1.55. The summed E-state index contributed by atoms with van der Waals surface area (Å²) >= 11 is 0. The zero-order chi connectivity index (χ0) is 11.2. The number of hydrogen-bond acceptors (Lipinski definition) is 3. The van der Waals surface area contributed by atoms with Crippen molar-refractivity contribution in [3.8, 4) is 0 Å². The molecule has 1 saturated heterocycles. The van der Waals surface area contributed by atoms with Crippen LogP contribution in [0.25, 0.3) is 11.0 Å². The summed E-state index contributed by atoms with van der Waals surface area (Å²) in [5.74, 6) is 0.860. The largest absolute Gasteiger partial charge is 0.388 e. The molecule has 1 atom stereocenters. The van der Waals surface area contributed by atoms with Crippen molar-refractivity contribution in [2.75, 3.05) is 18.0 Å². The van der Waals surface area contributed by atoms with Gasteiger partial charge in [0.25, 0.3) is 0 Å². The Kier molecular flexibility index (Phi) is 1.94. The maximum Gasteiger partial charge on any atom is 0.203 e. The fraction of sp³-hybridized carbons (Fsp3) is 0.417. The Balaban J connectivity index is 1.95. The Bertz CT molecular complexity index is 485. The first kappa shape index (κ1) is 9.66. The first-order valence-corrected chi connectivity index (χ1v) is 5.56. The third-order valence-corrected chi connectivity index (χ3v) is 3.13. The van der Waals surface area contributed by atoms with Crippen LogP contribution in [0.15, 0.2) is 24.3 Å².